The van der Waals surface area contributed by atoms with Crippen LogP contribution in [-0.2, 0) is 0 Å². The number of piperidine rings is 1. The number of nitrogens with one attached hydrogen (secondary N) is 1. The molecule has 0 bridgehead atoms. The second kappa shape index (κ2) is 8.38. The number of rotatable bonds is 9. The summed E-state index contributed by atoms with van der Waals surface area (Å²) < 4.78 is 0. The third-order valence-corrected chi connectivity index (χ3v) is 4.96. The summed E-state index contributed by atoms with van der Waals surface area (Å²) in [6, 6.07) is 0.753. The highest BCUT2D eigenvalue weighted by Gasteiger charge is 2.31. The Morgan fingerprint density at radius 2 is 1.95 bits per heavy atom. The van der Waals surface area contributed by atoms with Gasteiger partial charge in [0.2, 0.25) is 0 Å². The molecule has 20 heavy (non-hydrogen) atoms. The minimum atomic E-state index is 0.753. The Morgan fingerprint density at radius 3 is 2.60 bits per heavy atom. The van der Waals surface area contributed by atoms with E-state index in [9.17, 15) is 0 Å². The normalized spacial score (nSPS) is 28.2. The lowest BCUT2D eigenvalue weighted by Crippen LogP contribution is -2.49. The van der Waals surface area contributed by atoms with Gasteiger partial charge in [-0.05, 0) is 56.5 Å². The van der Waals surface area contributed by atoms with Crippen molar-refractivity contribution in [1.29, 1.82) is 0 Å². The third kappa shape index (κ3) is 6.13. The molecular weight excluding hydrogens is 244 g/mol. The van der Waals surface area contributed by atoms with Crippen LogP contribution in [0.1, 0.15) is 65.7 Å². The van der Waals surface area contributed by atoms with Crippen molar-refractivity contribution in [2.24, 2.45) is 17.8 Å². The molecule has 1 heterocycles. The highest BCUT2D eigenvalue weighted by Crippen LogP contribution is 2.37. The monoisotopic (exact) mass is 280 g/mol. The van der Waals surface area contributed by atoms with Gasteiger partial charge >= 0.3 is 0 Å². The van der Waals surface area contributed by atoms with Gasteiger partial charge in [-0.25, -0.2) is 0 Å². The molecule has 2 rings (SSSR count). The van der Waals surface area contributed by atoms with E-state index in [0.717, 1.165) is 23.8 Å². The summed E-state index contributed by atoms with van der Waals surface area (Å²) in [5.74, 6) is 2.87. The standard InChI is InChI=1S/C18H36N2/c1-4-5-10-20-13-17(11-16-6-7-16)12-18(14-20)19-9-8-15(2)3/h15-19H,4-14H2,1-3H3. The number of likely N-dealkylation sites (tertiary alicyclic amines) is 1. The zero-order valence-electron chi connectivity index (χ0n) is 14.0. The largest absolute Gasteiger partial charge is 0.313 e. The van der Waals surface area contributed by atoms with Crippen molar-refractivity contribution in [1.82, 2.24) is 10.2 Å². The zero-order valence-corrected chi connectivity index (χ0v) is 14.0. The van der Waals surface area contributed by atoms with Crippen LogP contribution in [0.25, 0.3) is 0 Å². The van der Waals surface area contributed by atoms with Crippen LogP contribution >= 0.6 is 0 Å². The van der Waals surface area contributed by atoms with Crippen LogP contribution in [0, 0.1) is 17.8 Å². The SMILES string of the molecule is CCCCN1CC(CC2CC2)CC(NCCC(C)C)C1. The van der Waals surface area contributed by atoms with Gasteiger partial charge in [0.15, 0.2) is 0 Å². The fraction of sp³-hybridized carbons (Fsp3) is 1.00. The van der Waals surface area contributed by atoms with Crippen molar-refractivity contribution < 1.29 is 0 Å². The second-order valence-electron chi connectivity index (χ2n) is 7.73. The third-order valence-electron chi connectivity index (χ3n) is 4.96. The molecule has 1 saturated carbocycles. The van der Waals surface area contributed by atoms with E-state index >= 15 is 0 Å². The average Bonchev–Trinajstić information content (AvgIpc) is 3.19. The molecule has 0 aromatic rings. The van der Waals surface area contributed by atoms with E-state index in [0.29, 0.717) is 0 Å². The summed E-state index contributed by atoms with van der Waals surface area (Å²) in [5.41, 5.74) is 0. The van der Waals surface area contributed by atoms with Gasteiger partial charge in [-0.3, -0.25) is 0 Å². The smallest absolute Gasteiger partial charge is 0.0198 e. The van der Waals surface area contributed by atoms with E-state index in [4.69, 9.17) is 0 Å². The van der Waals surface area contributed by atoms with Crippen LogP contribution < -0.4 is 5.32 Å². The maximum atomic E-state index is 3.84. The van der Waals surface area contributed by atoms with Gasteiger partial charge in [0.25, 0.3) is 0 Å². The topological polar surface area (TPSA) is 15.3 Å². The molecule has 1 aliphatic heterocycles. The van der Waals surface area contributed by atoms with Gasteiger partial charge in [-0.15, -0.1) is 0 Å². The molecule has 1 N–H and O–H groups in total. The van der Waals surface area contributed by atoms with Gasteiger partial charge in [0.05, 0.1) is 0 Å². The fourth-order valence-electron chi connectivity index (χ4n) is 3.59. The van der Waals surface area contributed by atoms with Gasteiger partial charge < -0.3 is 10.2 Å². The van der Waals surface area contributed by atoms with E-state index < -0.39 is 0 Å². The summed E-state index contributed by atoms with van der Waals surface area (Å²) in [6.07, 6.45) is 9.97. The lowest BCUT2D eigenvalue weighted by Gasteiger charge is -2.38. The van der Waals surface area contributed by atoms with Crippen molar-refractivity contribution in [3.05, 3.63) is 0 Å². The highest BCUT2D eigenvalue weighted by molar-refractivity contribution is 4.87. The molecule has 0 amide bonds. The molecule has 0 aromatic carbocycles. The summed E-state index contributed by atoms with van der Waals surface area (Å²) in [7, 11) is 0. The van der Waals surface area contributed by atoms with Crippen LogP contribution in [0.5, 0.6) is 0 Å². The number of hydrogen-bond acceptors (Lipinski definition) is 2. The van der Waals surface area contributed by atoms with Crippen molar-refractivity contribution in [3.63, 3.8) is 0 Å². The molecule has 2 fully saturated rings. The van der Waals surface area contributed by atoms with Crippen molar-refractivity contribution in [3.8, 4) is 0 Å². The molecule has 0 aromatic heterocycles. The van der Waals surface area contributed by atoms with E-state index in [1.54, 1.807) is 0 Å². The molecule has 118 valence electrons. The summed E-state index contributed by atoms with van der Waals surface area (Å²) in [4.78, 5) is 2.74. The Kier molecular flexibility index (Phi) is 6.83. The van der Waals surface area contributed by atoms with Gasteiger partial charge in [-0.2, -0.15) is 0 Å². The maximum Gasteiger partial charge on any atom is 0.0198 e. The van der Waals surface area contributed by atoms with Crippen LogP contribution in [0.15, 0.2) is 0 Å². The summed E-state index contributed by atoms with van der Waals surface area (Å²) in [5, 5.41) is 3.84. The lowest BCUT2D eigenvalue weighted by molar-refractivity contribution is 0.130. The van der Waals surface area contributed by atoms with Crippen LogP contribution in [0.4, 0.5) is 0 Å². The molecular formula is C18H36N2. The first kappa shape index (κ1) is 16.3. The van der Waals surface area contributed by atoms with Gasteiger partial charge in [-0.1, -0.05) is 40.0 Å². The zero-order chi connectivity index (χ0) is 14.4. The van der Waals surface area contributed by atoms with E-state index in [1.165, 1.54) is 71.1 Å². The first-order chi connectivity index (χ1) is 9.67. The molecule has 0 spiro atoms. The predicted molar refractivity (Wildman–Crippen MR) is 88.0 cm³/mol. The van der Waals surface area contributed by atoms with E-state index in [2.05, 4.69) is 31.0 Å². The first-order valence-corrected chi connectivity index (χ1v) is 9.13. The number of unbranched alkanes of at least 4 members (excludes halogenated alkanes) is 1. The first-order valence-electron chi connectivity index (χ1n) is 9.13. The van der Waals surface area contributed by atoms with E-state index in [-0.39, 0.29) is 0 Å². The molecule has 1 saturated heterocycles. The van der Waals surface area contributed by atoms with Crippen molar-refractivity contribution >= 4 is 0 Å². The van der Waals surface area contributed by atoms with E-state index in [1.807, 2.05) is 0 Å². The minimum absolute atomic E-state index is 0.753. The van der Waals surface area contributed by atoms with Crippen LogP contribution in [0.2, 0.25) is 0 Å². The Bertz CT molecular complexity index is 260. The Balaban J connectivity index is 1.75. The molecule has 0 radical (unpaired) electrons. The number of hydrogen-bond donors (Lipinski definition) is 1. The molecule has 2 heteroatoms. The molecule has 1 aliphatic carbocycles. The maximum absolute atomic E-state index is 3.84. The second-order valence-corrected chi connectivity index (χ2v) is 7.73. The molecule has 2 aliphatic rings. The Hall–Kier alpha value is -0.0800. The quantitative estimate of drug-likeness (QED) is 0.689. The van der Waals surface area contributed by atoms with Crippen LogP contribution in [-0.4, -0.2) is 37.1 Å². The molecule has 2 atom stereocenters. The molecule has 2 unspecified atom stereocenters. The Morgan fingerprint density at radius 1 is 1.15 bits per heavy atom. The highest BCUT2D eigenvalue weighted by atomic mass is 15.2. The Labute approximate surface area is 126 Å². The van der Waals surface area contributed by atoms with Gasteiger partial charge in [0, 0.05) is 19.1 Å². The minimum Gasteiger partial charge on any atom is -0.313 e. The average molecular weight is 280 g/mol. The van der Waals surface area contributed by atoms with Crippen molar-refractivity contribution in [2.45, 2.75) is 71.8 Å². The van der Waals surface area contributed by atoms with Gasteiger partial charge in [0.1, 0.15) is 0 Å². The molecule has 2 nitrogen and oxygen atoms in total. The van der Waals surface area contributed by atoms with Crippen molar-refractivity contribution in [2.75, 3.05) is 26.2 Å². The summed E-state index contributed by atoms with van der Waals surface area (Å²) >= 11 is 0. The summed E-state index contributed by atoms with van der Waals surface area (Å²) in [6.45, 7) is 12.2. The fourth-order valence-corrected chi connectivity index (χ4v) is 3.59. The van der Waals surface area contributed by atoms with Crippen LogP contribution in [0.3, 0.4) is 0 Å². The predicted octanol–water partition coefficient (Wildman–Crippen LogP) is 3.91. The lowest BCUT2D eigenvalue weighted by atomic mass is 9.89. The number of nitrogens with zero attached hydrogens (tertiary/aromatic N) is 1.